The molecule has 0 N–H and O–H groups in total. The smallest absolute Gasteiger partial charge is 0.211 e. The lowest BCUT2D eigenvalue weighted by Gasteiger charge is -2.02. The number of aliphatic imine (C=N–C) groups is 2. The number of rotatable bonds is 2. The van der Waals surface area contributed by atoms with E-state index >= 15 is 0 Å². The Kier molecular flexibility index (Phi) is 3.32. The van der Waals surface area contributed by atoms with E-state index in [4.69, 9.17) is 11.6 Å². The summed E-state index contributed by atoms with van der Waals surface area (Å²) in [5.74, 6) is 0. The SMILES string of the molecule is Cc1ccc(N=C=O)c(N=C=O)c1Cl. The third-order valence-electron chi connectivity index (χ3n) is 1.61. The van der Waals surface area contributed by atoms with Crippen LogP contribution in [0.25, 0.3) is 0 Å². The minimum Gasteiger partial charge on any atom is -0.211 e. The van der Waals surface area contributed by atoms with E-state index in [-0.39, 0.29) is 16.4 Å². The maximum absolute atomic E-state index is 10.1. The average molecular weight is 209 g/mol. The molecule has 1 rings (SSSR count). The summed E-state index contributed by atoms with van der Waals surface area (Å²) in [5, 5.41) is 0.282. The van der Waals surface area contributed by atoms with Gasteiger partial charge in [-0.25, -0.2) is 9.59 Å². The lowest BCUT2D eigenvalue weighted by Crippen LogP contribution is -1.77. The van der Waals surface area contributed by atoms with E-state index in [1.165, 1.54) is 18.2 Å². The number of aryl methyl sites for hydroxylation is 1. The highest BCUT2D eigenvalue weighted by Gasteiger charge is 2.08. The van der Waals surface area contributed by atoms with Crippen molar-refractivity contribution in [3.63, 3.8) is 0 Å². The van der Waals surface area contributed by atoms with Gasteiger partial charge in [-0.1, -0.05) is 17.7 Å². The van der Waals surface area contributed by atoms with Gasteiger partial charge >= 0.3 is 0 Å². The zero-order valence-corrected chi connectivity index (χ0v) is 8.00. The maximum Gasteiger partial charge on any atom is 0.240 e. The van der Waals surface area contributed by atoms with Crippen molar-refractivity contribution in [3.8, 4) is 0 Å². The fourth-order valence-corrected chi connectivity index (χ4v) is 1.15. The van der Waals surface area contributed by atoms with Gasteiger partial charge in [0.15, 0.2) is 0 Å². The van der Waals surface area contributed by atoms with E-state index in [1.807, 2.05) is 0 Å². The number of benzene rings is 1. The van der Waals surface area contributed by atoms with Gasteiger partial charge in [0.05, 0.1) is 5.02 Å². The molecule has 0 aliphatic carbocycles. The van der Waals surface area contributed by atoms with Gasteiger partial charge in [-0.15, -0.1) is 0 Å². The molecule has 0 heterocycles. The highest BCUT2D eigenvalue weighted by Crippen LogP contribution is 2.36. The van der Waals surface area contributed by atoms with Gasteiger partial charge in [0.25, 0.3) is 0 Å². The Morgan fingerprint density at radius 1 is 1.21 bits per heavy atom. The van der Waals surface area contributed by atoms with Crippen LogP contribution in [0.2, 0.25) is 5.02 Å². The molecule has 0 aliphatic heterocycles. The van der Waals surface area contributed by atoms with Crippen LogP contribution in [0.5, 0.6) is 0 Å². The van der Waals surface area contributed by atoms with Crippen LogP contribution in [0.15, 0.2) is 22.1 Å². The molecule has 0 saturated carbocycles. The average Bonchev–Trinajstić information content (AvgIpc) is 2.18. The summed E-state index contributed by atoms with van der Waals surface area (Å²) in [5.41, 5.74) is 1.09. The van der Waals surface area contributed by atoms with Crippen molar-refractivity contribution in [1.82, 2.24) is 0 Å². The van der Waals surface area contributed by atoms with Crippen LogP contribution in [0.1, 0.15) is 5.56 Å². The summed E-state index contributed by atoms with van der Waals surface area (Å²) in [6.07, 6.45) is 2.71. The molecule has 1 aromatic carbocycles. The van der Waals surface area contributed by atoms with Crippen molar-refractivity contribution >= 4 is 35.1 Å². The Bertz CT molecular complexity index is 458. The van der Waals surface area contributed by atoms with Crippen molar-refractivity contribution in [2.45, 2.75) is 6.92 Å². The summed E-state index contributed by atoms with van der Waals surface area (Å²) >= 11 is 5.85. The van der Waals surface area contributed by atoms with Crippen LogP contribution in [-0.2, 0) is 9.59 Å². The van der Waals surface area contributed by atoms with Gasteiger partial charge in [-0.3, -0.25) is 0 Å². The molecule has 0 spiro atoms. The minimum atomic E-state index is 0.144. The van der Waals surface area contributed by atoms with Crippen LogP contribution >= 0.6 is 11.6 Å². The molecule has 0 fully saturated rings. The van der Waals surface area contributed by atoms with E-state index in [0.717, 1.165) is 5.56 Å². The molecule has 5 heteroatoms. The molecule has 0 atom stereocenters. The topological polar surface area (TPSA) is 58.9 Å². The zero-order valence-electron chi connectivity index (χ0n) is 7.24. The maximum atomic E-state index is 10.1. The van der Waals surface area contributed by atoms with E-state index in [1.54, 1.807) is 13.0 Å². The van der Waals surface area contributed by atoms with E-state index in [0.29, 0.717) is 0 Å². The van der Waals surface area contributed by atoms with Gasteiger partial charge in [0.2, 0.25) is 12.2 Å². The second kappa shape index (κ2) is 4.49. The molecule has 4 nitrogen and oxygen atoms in total. The van der Waals surface area contributed by atoms with Gasteiger partial charge < -0.3 is 0 Å². The first-order valence-corrected chi connectivity index (χ1v) is 4.03. The molecule has 14 heavy (non-hydrogen) atoms. The van der Waals surface area contributed by atoms with Crippen molar-refractivity contribution in [1.29, 1.82) is 0 Å². The second-order valence-corrected chi connectivity index (χ2v) is 2.85. The molecular formula is C9H5ClN2O2. The van der Waals surface area contributed by atoms with Gasteiger partial charge in [-0.2, -0.15) is 9.98 Å². The molecule has 0 amide bonds. The minimum absolute atomic E-state index is 0.144. The lowest BCUT2D eigenvalue weighted by molar-refractivity contribution is 0.564. The third kappa shape index (κ3) is 1.95. The zero-order chi connectivity index (χ0) is 10.6. The summed E-state index contributed by atoms with van der Waals surface area (Å²) in [7, 11) is 0. The first kappa shape index (κ1) is 10.4. The molecule has 0 saturated heterocycles. The third-order valence-corrected chi connectivity index (χ3v) is 2.09. The summed E-state index contributed by atoms with van der Waals surface area (Å²) < 4.78 is 0. The fourth-order valence-electron chi connectivity index (χ4n) is 0.947. The van der Waals surface area contributed by atoms with Gasteiger partial charge in [-0.05, 0) is 18.6 Å². The van der Waals surface area contributed by atoms with Crippen LogP contribution < -0.4 is 0 Å². The molecule has 0 unspecified atom stereocenters. The van der Waals surface area contributed by atoms with Crippen molar-refractivity contribution in [2.75, 3.05) is 0 Å². The Balaban J connectivity index is 3.51. The highest BCUT2D eigenvalue weighted by atomic mass is 35.5. The molecule has 0 aliphatic rings. The monoisotopic (exact) mass is 208 g/mol. The normalized spacial score (nSPS) is 8.71. The van der Waals surface area contributed by atoms with Crippen molar-refractivity contribution in [2.24, 2.45) is 9.98 Å². The lowest BCUT2D eigenvalue weighted by atomic mass is 10.2. The molecule has 70 valence electrons. The Morgan fingerprint density at radius 2 is 1.86 bits per heavy atom. The molecule has 0 aromatic heterocycles. The highest BCUT2D eigenvalue weighted by molar-refractivity contribution is 6.34. The number of nitrogens with zero attached hydrogens (tertiary/aromatic N) is 2. The molecular weight excluding hydrogens is 204 g/mol. The molecule has 0 bridgehead atoms. The van der Waals surface area contributed by atoms with E-state index in [2.05, 4.69) is 9.98 Å². The standard InChI is InChI=1S/C9H5ClN2O2/c1-6-2-3-7(11-4-13)9(8(6)10)12-5-14/h2-3H,1H3. The largest absolute Gasteiger partial charge is 0.240 e. The van der Waals surface area contributed by atoms with E-state index in [9.17, 15) is 9.59 Å². The molecule has 0 radical (unpaired) electrons. The first-order valence-electron chi connectivity index (χ1n) is 3.65. The number of hydrogen-bond donors (Lipinski definition) is 0. The quantitative estimate of drug-likeness (QED) is 0.554. The summed E-state index contributed by atoms with van der Waals surface area (Å²) in [6, 6.07) is 3.20. The first-order chi connectivity index (χ1) is 6.70. The van der Waals surface area contributed by atoms with Crippen molar-refractivity contribution in [3.05, 3.63) is 22.7 Å². The molecule has 1 aromatic rings. The number of halogens is 1. The summed E-state index contributed by atoms with van der Waals surface area (Å²) in [4.78, 5) is 26.9. The Morgan fingerprint density at radius 3 is 2.43 bits per heavy atom. The number of carbonyl (C=O) groups excluding carboxylic acids is 2. The number of isocyanates is 2. The fraction of sp³-hybridized carbons (Fsp3) is 0.111. The van der Waals surface area contributed by atoms with Crippen LogP contribution in [0, 0.1) is 6.92 Å². The Labute approximate surface area is 84.9 Å². The van der Waals surface area contributed by atoms with E-state index < -0.39 is 0 Å². The van der Waals surface area contributed by atoms with Crippen molar-refractivity contribution < 1.29 is 9.59 Å². The van der Waals surface area contributed by atoms with Crippen LogP contribution in [0.3, 0.4) is 0 Å². The Hall–Kier alpha value is -1.73. The summed E-state index contributed by atoms with van der Waals surface area (Å²) in [6.45, 7) is 1.75. The van der Waals surface area contributed by atoms with Crippen LogP contribution in [-0.4, -0.2) is 12.2 Å². The van der Waals surface area contributed by atoms with Crippen LogP contribution in [0.4, 0.5) is 11.4 Å². The van der Waals surface area contributed by atoms with Gasteiger partial charge in [0, 0.05) is 0 Å². The second-order valence-electron chi connectivity index (χ2n) is 2.47. The predicted octanol–water partition coefficient (Wildman–Crippen LogP) is 2.58. The predicted molar refractivity (Wildman–Crippen MR) is 51.8 cm³/mol. The number of hydrogen-bond acceptors (Lipinski definition) is 4. The van der Waals surface area contributed by atoms with Gasteiger partial charge in [0.1, 0.15) is 11.4 Å².